The number of carbonyl (C=O) groups excluding carboxylic acids is 1. The van der Waals surface area contributed by atoms with E-state index in [1.54, 1.807) is 0 Å². The standard InChI is InChI=1S/C14H22N2O2/c1-4-15-7-8-16-14(17)10-18-13-9-11(2)5-6-12(13)3/h5-6,9,15H,4,7-8,10H2,1-3H3,(H,16,17). The van der Waals surface area contributed by atoms with Crippen molar-refractivity contribution in [3.8, 4) is 5.75 Å². The van der Waals surface area contributed by atoms with Crippen molar-refractivity contribution in [1.82, 2.24) is 10.6 Å². The van der Waals surface area contributed by atoms with Crippen molar-refractivity contribution in [3.63, 3.8) is 0 Å². The van der Waals surface area contributed by atoms with Gasteiger partial charge in [0, 0.05) is 13.1 Å². The highest BCUT2D eigenvalue weighted by atomic mass is 16.5. The lowest BCUT2D eigenvalue weighted by atomic mass is 10.1. The van der Waals surface area contributed by atoms with E-state index in [9.17, 15) is 4.79 Å². The molecule has 18 heavy (non-hydrogen) atoms. The third-order valence-electron chi connectivity index (χ3n) is 2.58. The average molecular weight is 250 g/mol. The summed E-state index contributed by atoms with van der Waals surface area (Å²) >= 11 is 0. The van der Waals surface area contributed by atoms with Gasteiger partial charge in [-0.25, -0.2) is 0 Å². The van der Waals surface area contributed by atoms with Crippen molar-refractivity contribution in [3.05, 3.63) is 29.3 Å². The van der Waals surface area contributed by atoms with E-state index in [-0.39, 0.29) is 12.5 Å². The van der Waals surface area contributed by atoms with Crippen molar-refractivity contribution in [1.29, 1.82) is 0 Å². The summed E-state index contributed by atoms with van der Waals surface area (Å²) < 4.78 is 5.50. The second-order valence-electron chi connectivity index (χ2n) is 4.26. The number of carbonyl (C=O) groups is 1. The lowest BCUT2D eigenvalue weighted by molar-refractivity contribution is -0.123. The predicted molar refractivity (Wildman–Crippen MR) is 73.0 cm³/mol. The Bertz CT molecular complexity index is 391. The fraction of sp³-hybridized carbons (Fsp3) is 0.500. The summed E-state index contributed by atoms with van der Waals surface area (Å²) in [5.41, 5.74) is 2.17. The zero-order valence-corrected chi connectivity index (χ0v) is 11.4. The van der Waals surface area contributed by atoms with Gasteiger partial charge in [-0.1, -0.05) is 19.1 Å². The maximum atomic E-state index is 11.5. The number of rotatable bonds is 7. The number of amides is 1. The highest BCUT2D eigenvalue weighted by Gasteiger charge is 2.04. The molecule has 1 aromatic rings. The number of ether oxygens (including phenoxy) is 1. The first-order valence-electron chi connectivity index (χ1n) is 6.31. The molecule has 0 aliphatic rings. The maximum absolute atomic E-state index is 11.5. The molecule has 1 amide bonds. The molecule has 0 aliphatic heterocycles. The Morgan fingerprint density at radius 3 is 2.78 bits per heavy atom. The van der Waals surface area contributed by atoms with Crippen LogP contribution in [0.15, 0.2) is 18.2 Å². The van der Waals surface area contributed by atoms with E-state index in [2.05, 4.69) is 10.6 Å². The molecule has 0 radical (unpaired) electrons. The van der Waals surface area contributed by atoms with Crippen molar-refractivity contribution < 1.29 is 9.53 Å². The first kappa shape index (κ1) is 14.5. The SMILES string of the molecule is CCNCCNC(=O)COc1cc(C)ccc1C. The Morgan fingerprint density at radius 1 is 1.28 bits per heavy atom. The van der Waals surface area contributed by atoms with Crippen LogP contribution >= 0.6 is 0 Å². The molecule has 0 atom stereocenters. The summed E-state index contributed by atoms with van der Waals surface area (Å²) in [5, 5.41) is 5.93. The zero-order valence-electron chi connectivity index (χ0n) is 11.4. The van der Waals surface area contributed by atoms with E-state index in [1.807, 2.05) is 39.0 Å². The molecule has 0 saturated carbocycles. The average Bonchev–Trinajstić information content (AvgIpc) is 2.36. The third-order valence-corrected chi connectivity index (χ3v) is 2.58. The molecular formula is C14H22N2O2. The van der Waals surface area contributed by atoms with Gasteiger partial charge in [0.15, 0.2) is 6.61 Å². The van der Waals surface area contributed by atoms with Crippen LogP contribution in [0, 0.1) is 13.8 Å². The van der Waals surface area contributed by atoms with Gasteiger partial charge >= 0.3 is 0 Å². The topological polar surface area (TPSA) is 50.4 Å². The summed E-state index contributed by atoms with van der Waals surface area (Å²) in [6.45, 7) is 8.39. The van der Waals surface area contributed by atoms with E-state index < -0.39 is 0 Å². The summed E-state index contributed by atoms with van der Waals surface area (Å²) in [4.78, 5) is 11.5. The van der Waals surface area contributed by atoms with Gasteiger partial charge in [-0.05, 0) is 37.6 Å². The van der Waals surface area contributed by atoms with Crippen LogP contribution in [0.25, 0.3) is 0 Å². The quantitative estimate of drug-likeness (QED) is 0.719. The molecule has 1 aromatic carbocycles. The van der Waals surface area contributed by atoms with Crippen LogP contribution in [-0.2, 0) is 4.79 Å². The van der Waals surface area contributed by atoms with E-state index in [0.717, 1.165) is 30.0 Å². The van der Waals surface area contributed by atoms with Crippen molar-refractivity contribution in [2.45, 2.75) is 20.8 Å². The number of hydrogen-bond acceptors (Lipinski definition) is 3. The molecule has 100 valence electrons. The fourth-order valence-corrected chi connectivity index (χ4v) is 1.52. The normalized spacial score (nSPS) is 10.2. The molecule has 0 saturated heterocycles. The van der Waals surface area contributed by atoms with Crippen molar-refractivity contribution in [2.75, 3.05) is 26.2 Å². The minimum Gasteiger partial charge on any atom is -0.483 e. The number of hydrogen-bond donors (Lipinski definition) is 2. The van der Waals surface area contributed by atoms with E-state index in [0.29, 0.717) is 6.54 Å². The molecule has 2 N–H and O–H groups in total. The lowest BCUT2D eigenvalue weighted by Crippen LogP contribution is -2.34. The van der Waals surface area contributed by atoms with Crippen LogP contribution in [-0.4, -0.2) is 32.1 Å². The van der Waals surface area contributed by atoms with Crippen LogP contribution in [0.2, 0.25) is 0 Å². The fourth-order valence-electron chi connectivity index (χ4n) is 1.52. The number of nitrogens with one attached hydrogen (secondary N) is 2. The van der Waals surface area contributed by atoms with Crippen molar-refractivity contribution >= 4 is 5.91 Å². The van der Waals surface area contributed by atoms with Gasteiger partial charge < -0.3 is 15.4 Å². The Hall–Kier alpha value is -1.55. The van der Waals surface area contributed by atoms with Gasteiger partial charge in [-0.2, -0.15) is 0 Å². The highest BCUT2D eigenvalue weighted by molar-refractivity contribution is 5.77. The van der Waals surface area contributed by atoms with E-state index in [4.69, 9.17) is 4.74 Å². The molecule has 0 aromatic heterocycles. The molecule has 0 heterocycles. The number of aryl methyl sites for hydroxylation is 2. The van der Waals surface area contributed by atoms with Gasteiger partial charge in [-0.15, -0.1) is 0 Å². The maximum Gasteiger partial charge on any atom is 0.257 e. The summed E-state index contributed by atoms with van der Waals surface area (Å²) in [6.07, 6.45) is 0. The van der Waals surface area contributed by atoms with E-state index in [1.165, 1.54) is 0 Å². The summed E-state index contributed by atoms with van der Waals surface area (Å²) in [5.74, 6) is 0.686. The van der Waals surface area contributed by atoms with Crippen molar-refractivity contribution in [2.24, 2.45) is 0 Å². The molecule has 0 spiro atoms. The van der Waals surface area contributed by atoms with Crippen LogP contribution in [0.1, 0.15) is 18.1 Å². The zero-order chi connectivity index (χ0) is 13.4. The van der Waals surface area contributed by atoms with Gasteiger partial charge in [0.05, 0.1) is 0 Å². The molecule has 0 unspecified atom stereocenters. The lowest BCUT2D eigenvalue weighted by Gasteiger charge is -2.10. The second kappa shape index (κ2) is 7.71. The van der Waals surface area contributed by atoms with Crippen LogP contribution in [0.3, 0.4) is 0 Å². The molecule has 0 bridgehead atoms. The minimum atomic E-state index is -0.0891. The van der Waals surface area contributed by atoms with Gasteiger partial charge in [0.1, 0.15) is 5.75 Å². The number of benzene rings is 1. The van der Waals surface area contributed by atoms with Crippen LogP contribution in [0.5, 0.6) is 5.75 Å². The highest BCUT2D eigenvalue weighted by Crippen LogP contribution is 2.18. The molecule has 4 nitrogen and oxygen atoms in total. The van der Waals surface area contributed by atoms with Gasteiger partial charge in [0.2, 0.25) is 0 Å². The number of likely N-dealkylation sites (N-methyl/N-ethyl adjacent to an activating group) is 1. The minimum absolute atomic E-state index is 0.0659. The molecule has 1 rings (SSSR count). The first-order valence-corrected chi connectivity index (χ1v) is 6.31. The Balaban J connectivity index is 2.31. The van der Waals surface area contributed by atoms with Crippen LogP contribution < -0.4 is 15.4 Å². The molecule has 0 fully saturated rings. The Kier molecular flexibility index (Phi) is 6.22. The Morgan fingerprint density at radius 2 is 2.06 bits per heavy atom. The Labute approximate surface area is 109 Å². The largest absolute Gasteiger partial charge is 0.483 e. The third kappa shape index (κ3) is 5.19. The van der Waals surface area contributed by atoms with E-state index >= 15 is 0 Å². The van der Waals surface area contributed by atoms with Crippen LogP contribution in [0.4, 0.5) is 0 Å². The smallest absolute Gasteiger partial charge is 0.257 e. The molecule has 4 heteroatoms. The van der Waals surface area contributed by atoms with Gasteiger partial charge in [-0.3, -0.25) is 4.79 Å². The second-order valence-corrected chi connectivity index (χ2v) is 4.26. The van der Waals surface area contributed by atoms with Gasteiger partial charge in [0.25, 0.3) is 5.91 Å². The summed E-state index contributed by atoms with van der Waals surface area (Å²) in [6, 6.07) is 5.97. The summed E-state index contributed by atoms with van der Waals surface area (Å²) in [7, 11) is 0. The molecule has 0 aliphatic carbocycles. The molecular weight excluding hydrogens is 228 g/mol. The first-order chi connectivity index (χ1) is 8.63. The predicted octanol–water partition coefficient (Wildman–Crippen LogP) is 1.41. The monoisotopic (exact) mass is 250 g/mol.